The summed E-state index contributed by atoms with van der Waals surface area (Å²) in [5.41, 5.74) is 8.81. The van der Waals surface area contributed by atoms with Crippen LogP contribution < -0.4 is 5.73 Å². The first kappa shape index (κ1) is 10.7. The molecule has 2 N–H and O–H groups in total. The zero-order chi connectivity index (χ0) is 11.5. The first-order valence-corrected chi connectivity index (χ1v) is 5.10. The van der Waals surface area contributed by atoms with E-state index in [2.05, 4.69) is 5.10 Å². The van der Waals surface area contributed by atoms with Crippen LogP contribution in [-0.4, -0.2) is 16.9 Å². The van der Waals surface area contributed by atoms with Crippen LogP contribution in [0.1, 0.15) is 11.1 Å². The molecule has 2 aromatic rings. The number of aryl methyl sites for hydroxylation is 1. The molecule has 0 saturated carbocycles. The lowest BCUT2D eigenvalue weighted by molar-refractivity contribution is 0.185. The third-order valence-electron chi connectivity index (χ3n) is 2.42. The van der Waals surface area contributed by atoms with Crippen LogP contribution in [-0.2, 0) is 11.3 Å². The van der Waals surface area contributed by atoms with Gasteiger partial charge >= 0.3 is 0 Å². The summed E-state index contributed by atoms with van der Waals surface area (Å²) >= 11 is 0. The van der Waals surface area contributed by atoms with E-state index in [9.17, 15) is 0 Å². The molecule has 84 valence electrons. The van der Waals surface area contributed by atoms with Gasteiger partial charge < -0.3 is 10.5 Å². The maximum atomic E-state index is 5.72. The van der Waals surface area contributed by atoms with Crippen molar-refractivity contribution < 1.29 is 4.74 Å². The fraction of sp³-hybridized carbons (Fsp3) is 0.250. The number of hydrogen-bond donors (Lipinski definition) is 1. The minimum Gasteiger partial charge on any atom is -0.382 e. The predicted molar refractivity (Wildman–Crippen MR) is 63.4 cm³/mol. The van der Waals surface area contributed by atoms with E-state index >= 15 is 0 Å². The fourth-order valence-corrected chi connectivity index (χ4v) is 1.56. The monoisotopic (exact) mass is 217 g/mol. The van der Waals surface area contributed by atoms with E-state index in [4.69, 9.17) is 10.5 Å². The highest BCUT2D eigenvalue weighted by molar-refractivity contribution is 5.42. The molecule has 0 aliphatic carbocycles. The van der Waals surface area contributed by atoms with E-state index in [0.29, 0.717) is 12.4 Å². The van der Waals surface area contributed by atoms with Crippen molar-refractivity contribution in [3.8, 4) is 5.69 Å². The molecule has 1 heterocycles. The minimum absolute atomic E-state index is 0.567. The average molecular weight is 217 g/mol. The Morgan fingerprint density at radius 2 is 2.25 bits per heavy atom. The maximum Gasteiger partial charge on any atom is 0.148 e. The molecule has 2 rings (SSSR count). The summed E-state index contributed by atoms with van der Waals surface area (Å²) < 4.78 is 6.87. The largest absolute Gasteiger partial charge is 0.382 e. The van der Waals surface area contributed by atoms with Gasteiger partial charge in [-0.1, -0.05) is 12.1 Å². The molecule has 1 aromatic carbocycles. The van der Waals surface area contributed by atoms with Crippen molar-refractivity contribution in [3.63, 3.8) is 0 Å². The molecule has 0 atom stereocenters. The Bertz CT molecular complexity index is 471. The first-order valence-electron chi connectivity index (χ1n) is 5.10. The molecule has 0 bridgehead atoms. The normalized spacial score (nSPS) is 10.6. The van der Waals surface area contributed by atoms with Gasteiger partial charge in [0.05, 0.1) is 12.3 Å². The molecule has 4 heteroatoms. The number of ether oxygens (including phenoxy) is 1. The van der Waals surface area contributed by atoms with E-state index in [0.717, 1.165) is 16.8 Å². The lowest BCUT2D eigenvalue weighted by atomic mass is 10.2. The van der Waals surface area contributed by atoms with Crippen LogP contribution in [0.15, 0.2) is 30.5 Å². The number of nitrogens with zero attached hydrogens (tertiary/aromatic N) is 2. The summed E-state index contributed by atoms with van der Waals surface area (Å²) in [5, 5.41) is 4.24. The number of anilines is 1. The Morgan fingerprint density at radius 3 is 2.88 bits per heavy atom. The number of benzene rings is 1. The second-order valence-electron chi connectivity index (χ2n) is 3.74. The van der Waals surface area contributed by atoms with E-state index in [-0.39, 0.29) is 0 Å². The Labute approximate surface area is 94.6 Å². The van der Waals surface area contributed by atoms with Crippen LogP contribution in [0, 0.1) is 6.92 Å². The third kappa shape index (κ3) is 2.06. The van der Waals surface area contributed by atoms with Crippen molar-refractivity contribution in [2.24, 2.45) is 0 Å². The van der Waals surface area contributed by atoms with E-state index in [1.807, 2.05) is 37.4 Å². The molecule has 0 spiro atoms. The number of methoxy groups -OCH3 is 1. The zero-order valence-electron chi connectivity index (χ0n) is 9.47. The second-order valence-corrected chi connectivity index (χ2v) is 3.74. The van der Waals surface area contributed by atoms with Gasteiger partial charge in [-0.25, -0.2) is 4.68 Å². The number of aromatic nitrogens is 2. The fourth-order valence-electron chi connectivity index (χ4n) is 1.56. The molecule has 0 unspecified atom stereocenters. The molecule has 1 aromatic heterocycles. The average Bonchev–Trinajstić information content (AvgIpc) is 2.60. The summed E-state index contributed by atoms with van der Waals surface area (Å²) in [5.74, 6) is 0.567. The number of nitrogen functional groups attached to an aromatic ring is 1. The highest BCUT2D eigenvalue weighted by Crippen LogP contribution is 2.14. The highest BCUT2D eigenvalue weighted by Gasteiger charge is 2.03. The summed E-state index contributed by atoms with van der Waals surface area (Å²) in [6.45, 7) is 2.54. The van der Waals surface area contributed by atoms with Gasteiger partial charge in [-0.2, -0.15) is 5.10 Å². The maximum absolute atomic E-state index is 5.72. The Kier molecular flexibility index (Phi) is 2.92. The molecular weight excluding hydrogens is 202 g/mol. The quantitative estimate of drug-likeness (QED) is 0.854. The van der Waals surface area contributed by atoms with Crippen LogP contribution in [0.4, 0.5) is 5.82 Å². The molecule has 16 heavy (non-hydrogen) atoms. The van der Waals surface area contributed by atoms with Crippen molar-refractivity contribution in [1.82, 2.24) is 9.78 Å². The van der Waals surface area contributed by atoms with Gasteiger partial charge in [0.15, 0.2) is 0 Å². The molecule has 0 fully saturated rings. The summed E-state index contributed by atoms with van der Waals surface area (Å²) in [7, 11) is 1.68. The smallest absolute Gasteiger partial charge is 0.148 e. The highest BCUT2D eigenvalue weighted by atomic mass is 16.5. The van der Waals surface area contributed by atoms with E-state index < -0.39 is 0 Å². The minimum atomic E-state index is 0.567. The molecule has 0 amide bonds. The van der Waals surface area contributed by atoms with Gasteiger partial charge in [0.2, 0.25) is 0 Å². The molecule has 0 aliphatic heterocycles. The number of rotatable bonds is 3. The van der Waals surface area contributed by atoms with Crippen LogP contribution in [0.5, 0.6) is 0 Å². The van der Waals surface area contributed by atoms with Gasteiger partial charge in [0.1, 0.15) is 5.82 Å². The molecule has 0 radical (unpaired) electrons. The van der Waals surface area contributed by atoms with Crippen molar-refractivity contribution >= 4 is 5.82 Å². The summed E-state index contributed by atoms with van der Waals surface area (Å²) in [4.78, 5) is 0. The van der Waals surface area contributed by atoms with E-state index in [1.165, 1.54) is 0 Å². The van der Waals surface area contributed by atoms with Crippen molar-refractivity contribution in [2.45, 2.75) is 13.5 Å². The summed E-state index contributed by atoms with van der Waals surface area (Å²) in [6.07, 6.45) is 1.92. The topological polar surface area (TPSA) is 53.1 Å². The lowest BCUT2D eigenvalue weighted by Crippen LogP contribution is -1.97. The number of nitrogens with two attached hydrogens (primary N) is 1. The van der Waals surface area contributed by atoms with Crippen LogP contribution in [0.2, 0.25) is 0 Å². The predicted octanol–water partition coefficient (Wildman–Crippen LogP) is 1.91. The summed E-state index contributed by atoms with van der Waals surface area (Å²) in [6, 6.07) is 8.03. The molecule has 4 nitrogen and oxygen atoms in total. The first-order chi connectivity index (χ1) is 7.70. The van der Waals surface area contributed by atoms with Crippen molar-refractivity contribution in [2.75, 3.05) is 12.8 Å². The molecular formula is C12H15N3O. The van der Waals surface area contributed by atoms with Crippen LogP contribution in [0.25, 0.3) is 5.69 Å². The Morgan fingerprint density at radius 1 is 1.44 bits per heavy atom. The van der Waals surface area contributed by atoms with Crippen molar-refractivity contribution in [1.29, 1.82) is 0 Å². The van der Waals surface area contributed by atoms with Crippen molar-refractivity contribution in [3.05, 3.63) is 41.6 Å². The van der Waals surface area contributed by atoms with Gasteiger partial charge in [-0.15, -0.1) is 0 Å². The van der Waals surface area contributed by atoms with E-state index in [1.54, 1.807) is 11.8 Å². The zero-order valence-corrected chi connectivity index (χ0v) is 9.47. The Balaban J connectivity index is 2.36. The molecule has 0 saturated heterocycles. The Hall–Kier alpha value is -1.81. The van der Waals surface area contributed by atoms with Gasteiger partial charge in [-0.3, -0.25) is 0 Å². The third-order valence-corrected chi connectivity index (χ3v) is 2.42. The number of hydrogen-bond acceptors (Lipinski definition) is 3. The second kappa shape index (κ2) is 4.37. The van der Waals surface area contributed by atoms with Crippen LogP contribution in [0.3, 0.4) is 0 Å². The lowest BCUT2D eigenvalue weighted by Gasteiger charge is -2.04. The standard InChI is InChI=1S/C12H15N3O/c1-9-7-15(14-12(9)13)11-5-3-4-10(6-11)8-16-2/h3-7H,8H2,1-2H3,(H2,13,14). The van der Waals surface area contributed by atoms with Crippen LogP contribution >= 0.6 is 0 Å². The van der Waals surface area contributed by atoms with Gasteiger partial charge in [0, 0.05) is 18.9 Å². The van der Waals surface area contributed by atoms with Gasteiger partial charge in [-0.05, 0) is 24.6 Å². The van der Waals surface area contributed by atoms with Gasteiger partial charge in [0.25, 0.3) is 0 Å². The molecule has 0 aliphatic rings. The SMILES string of the molecule is COCc1cccc(-n2cc(C)c(N)n2)c1.